The van der Waals surface area contributed by atoms with Crippen molar-refractivity contribution < 1.29 is 80.2 Å². The van der Waals surface area contributed by atoms with Gasteiger partial charge in [0.05, 0.1) is 26.4 Å². The second-order valence-electron chi connectivity index (χ2n) is 30.0. The van der Waals surface area contributed by atoms with Gasteiger partial charge in [-0.25, -0.2) is 9.13 Å². The lowest BCUT2D eigenvalue weighted by atomic mass is 10.0. The predicted octanol–water partition coefficient (Wildman–Crippen LogP) is 24.8. The largest absolute Gasteiger partial charge is 0.472 e. The van der Waals surface area contributed by atoms with Crippen LogP contribution in [0.3, 0.4) is 0 Å². The molecule has 0 aliphatic carbocycles. The molecular formula is C82H160O17P2. The zero-order valence-electron chi connectivity index (χ0n) is 66.1. The van der Waals surface area contributed by atoms with E-state index in [-0.39, 0.29) is 25.7 Å². The van der Waals surface area contributed by atoms with Gasteiger partial charge >= 0.3 is 39.5 Å². The fourth-order valence-corrected chi connectivity index (χ4v) is 14.3. The number of phosphoric ester groups is 2. The molecule has 0 rings (SSSR count). The van der Waals surface area contributed by atoms with Gasteiger partial charge in [-0.15, -0.1) is 0 Å². The summed E-state index contributed by atoms with van der Waals surface area (Å²) in [6, 6.07) is 0. The van der Waals surface area contributed by atoms with E-state index in [2.05, 4.69) is 34.6 Å². The van der Waals surface area contributed by atoms with Crippen LogP contribution in [0.15, 0.2) is 0 Å². The Hall–Kier alpha value is -1.94. The summed E-state index contributed by atoms with van der Waals surface area (Å²) in [5.74, 6) is -1.34. The van der Waals surface area contributed by atoms with Crippen LogP contribution in [-0.2, 0) is 65.4 Å². The quantitative estimate of drug-likeness (QED) is 0.0222. The van der Waals surface area contributed by atoms with Crippen LogP contribution in [0.1, 0.15) is 439 Å². The molecule has 0 aromatic heterocycles. The highest BCUT2D eigenvalue weighted by Gasteiger charge is 2.30. The van der Waals surface area contributed by atoms with Crippen LogP contribution in [0.4, 0.5) is 0 Å². The number of unbranched alkanes of at least 4 members (excludes halogenated alkanes) is 54. The maximum atomic E-state index is 13.1. The van der Waals surface area contributed by atoms with Crippen molar-refractivity contribution in [1.82, 2.24) is 0 Å². The number of rotatable bonds is 82. The van der Waals surface area contributed by atoms with Crippen LogP contribution in [0.25, 0.3) is 0 Å². The molecule has 5 atom stereocenters. The van der Waals surface area contributed by atoms with E-state index < -0.39 is 97.5 Å². The molecule has 0 aromatic carbocycles. The Labute approximate surface area is 619 Å². The summed E-state index contributed by atoms with van der Waals surface area (Å²) in [6.07, 6.45) is 66.4. The summed E-state index contributed by atoms with van der Waals surface area (Å²) in [5.41, 5.74) is 0. The van der Waals surface area contributed by atoms with Crippen molar-refractivity contribution in [1.29, 1.82) is 0 Å². The summed E-state index contributed by atoms with van der Waals surface area (Å²) in [7, 11) is -9.92. The van der Waals surface area contributed by atoms with Gasteiger partial charge < -0.3 is 33.8 Å². The van der Waals surface area contributed by atoms with Gasteiger partial charge in [-0.05, 0) is 31.6 Å². The third-order valence-corrected chi connectivity index (χ3v) is 21.2. The number of phosphoric acid groups is 2. The molecule has 0 aliphatic heterocycles. The molecule has 0 fully saturated rings. The Balaban J connectivity index is 5.26. The lowest BCUT2D eigenvalue weighted by Gasteiger charge is -2.21. The van der Waals surface area contributed by atoms with E-state index in [0.717, 1.165) is 95.8 Å². The van der Waals surface area contributed by atoms with Crippen molar-refractivity contribution in [3.8, 4) is 0 Å². The molecule has 0 heterocycles. The van der Waals surface area contributed by atoms with Crippen molar-refractivity contribution in [3.63, 3.8) is 0 Å². The lowest BCUT2D eigenvalue weighted by molar-refractivity contribution is -0.161. The summed E-state index contributed by atoms with van der Waals surface area (Å²) in [6.45, 7) is 7.35. The SMILES string of the molecule is CCCCCCCCCCCCCCCCCCCCC(=O)O[C@H](COC(=O)CCCCCCCCCCCCCCCCCC)COP(=O)(O)OC[C@@H](O)COP(=O)(O)OC[C@@H](COC(=O)CCCCCCCCCCCCCCC)OC(=O)CCCCCCCCCCCCCC(C)C. The van der Waals surface area contributed by atoms with E-state index in [9.17, 15) is 43.2 Å². The van der Waals surface area contributed by atoms with Crippen LogP contribution in [0.2, 0.25) is 0 Å². The topological polar surface area (TPSA) is 237 Å². The number of esters is 4. The lowest BCUT2D eigenvalue weighted by Crippen LogP contribution is -2.30. The highest BCUT2D eigenvalue weighted by Crippen LogP contribution is 2.45. The number of carbonyl (C=O) groups excluding carboxylic acids is 4. The van der Waals surface area contributed by atoms with Crippen molar-refractivity contribution in [2.45, 2.75) is 457 Å². The average Bonchev–Trinajstić information content (AvgIpc) is 0.974. The van der Waals surface area contributed by atoms with Crippen molar-refractivity contribution in [2.75, 3.05) is 39.6 Å². The summed E-state index contributed by atoms with van der Waals surface area (Å²) in [5, 5.41) is 10.7. The van der Waals surface area contributed by atoms with Crippen molar-refractivity contribution in [3.05, 3.63) is 0 Å². The monoisotopic (exact) mass is 1480 g/mol. The molecule has 17 nitrogen and oxygen atoms in total. The van der Waals surface area contributed by atoms with Gasteiger partial charge in [-0.3, -0.25) is 37.3 Å². The minimum Gasteiger partial charge on any atom is -0.462 e. The van der Waals surface area contributed by atoms with E-state index >= 15 is 0 Å². The first kappa shape index (κ1) is 99.1. The van der Waals surface area contributed by atoms with Crippen molar-refractivity contribution in [2.24, 2.45) is 5.92 Å². The molecule has 600 valence electrons. The summed E-state index contributed by atoms with van der Waals surface area (Å²) >= 11 is 0. The van der Waals surface area contributed by atoms with E-state index in [0.29, 0.717) is 25.7 Å². The molecule has 0 saturated carbocycles. The third-order valence-electron chi connectivity index (χ3n) is 19.3. The van der Waals surface area contributed by atoms with Gasteiger partial charge in [-0.2, -0.15) is 0 Å². The number of aliphatic hydroxyl groups excluding tert-OH is 1. The molecule has 2 unspecified atom stereocenters. The maximum Gasteiger partial charge on any atom is 0.472 e. The number of hydrogen-bond acceptors (Lipinski definition) is 15. The van der Waals surface area contributed by atoms with Crippen molar-refractivity contribution >= 4 is 39.5 Å². The second kappa shape index (κ2) is 74.9. The zero-order chi connectivity index (χ0) is 74.1. The Kier molecular flexibility index (Phi) is 73.5. The van der Waals surface area contributed by atoms with Gasteiger partial charge in [-0.1, -0.05) is 388 Å². The molecule has 0 amide bonds. The second-order valence-corrected chi connectivity index (χ2v) is 32.9. The minimum atomic E-state index is -4.96. The van der Waals surface area contributed by atoms with E-state index in [1.54, 1.807) is 0 Å². The molecule has 0 radical (unpaired) electrons. The highest BCUT2D eigenvalue weighted by atomic mass is 31.2. The molecule has 0 aromatic rings. The fourth-order valence-electron chi connectivity index (χ4n) is 12.8. The molecule has 0 saturated heterocycles. The highest BCUT2D eigenvalue weighted by molar-refractivity contribution is 7.47. The maximum absolute atomic E-state index is 13.1. The van der Waals surface area contributed by atoms with Crippen LogP contribution in [-0.4, -0.2) is 96.7 Å². The first-order chi connectivity index (χ1) is 49.0. The third kappa shape index (κ3) is 76.1. The van der Waals surface area contributed by atoms with Gasteiger partial charge in [0.2, 0.25) is 0 Å². The Morgan fingerprint density at radius 3 is 0.673 bits per heavy atom. The van der Waals surface area contributed by atoms with E-state index in [4.69, 9.17) is 37.0 Å². The minimum absolute atomic E-state index is 0.107. The van der Waals surface area contributed by atoms with E-state index in [1.807, 2.05) is 0 Å². The molecule has 0 spiro atoms. The fraction of sp³-hybridized carbons (Fsp3) is 0.951. The molecule has 0 bridgehead atoms. The molecule has 0 aliphatic rings. The predicted molar refractivity (Wildman–Crippen MR) is 414 cm³/mol. The number of hydrogen-bond donors (Lipinski definition) is 3. The Morgan fingerprint density at radius 1 is 0.267 bits per heavy atom. The van der Waals surface area contributed by atoms with Crippen LogP contribution in [0, 0.1) is 5.92 Å². The number of aliphatic hydroxyl groups is 1. The van der Waals surface area contributed by atoms with Gasteiger partial charge in [0, 0.05) is 25.7 Å². The Morgan fingerprint density at radius 2 is 0.455 bits per heavy atom. The molecule has 3 N–H and O–H groups in total. The Bertz CT molecular complexity index is 1930. The van der Waals surface area contributed by atoms with Crippen LogP contribution >= 0.6 is 15.6 Å². The molecule has 19 heteroatoms. The van der Waals surface area contributed by atoms with E-state index in [1.165, 1.54) is 263 Å². The van der Waals surface area contributed by atoms with Crippen LogP contribution < -0.4 is 0 Å². The number of carbonyl (C=O) groups is 4. The van der Waals surface area contributed by atoms with Crippen LogP contribution in [0.5, 0.6) is 0 Å². The first-order valence-corrected chi connectivity index (χ1v) is 45.6. The number of ether oxygens (including phenoxy) is 4. The smallest absolute Gasteiger partial charge is 0.462 e. The molecule has 101 heavy (non-hydrogen) atoms. The van der Waals surface area contributed by atoms with Gasteiger partial charge in [0.1, 0.15) is 19.3 Å². The first-order valence-electron chi connectivity index (χ1n) is 42.6. The average molecular weight is 1480 g/mol. The van der Waals surface area contributed by atoms with Gasteiger partial charge in [0.25, 0.3) is 0 Å². The standard InChI is InChI=1S/C82H160O17P2/c1-6-9-12-15-18-21-24-27-29-31-32-34-37-42-47-52-57-62-67-81(86)98-77(71-93-80(85)66-61-56-51-46-41-36-33-30-28-25-22-19-16-13-10-7-2)73-96-100(88,89)94-69-76(83)70-95-101(90,91)97-74-78(72-92-79(84)65-60-55-50-45-40-35-26-23-20-17-14-11-8-3)99-82(87)68-63-58-53-48-43-38-39-44-49-54-59-64-75(4)5/h75-78,83H,6-74H2,1-5H3,(H,88,89)(H,90,91)/t76-,77-,78-/m1/s1. The molecular weight excluding hydrogens is 1320 g/mol. The normalized spacial score (nSPS) is 13.8. The zero-order valence-corrected chi connectivity index (χ0v) is 67.8. The summed E-state index contributed by atoms with van der Waals surface area (Å²) < 4.78 is 68.8. The summed E-state index contributed by atoms with van der Waals surface area (Å²) in [4.78, 5) is 73.1. The van der Waals surface area contributed by atoms with Gasteiger partial charge in [0.15, 0.2) is 12.2 Å².